The summed E-state index contributed by atoms with van der Waals surface area (Å²) in [7, 11) is 0. The SMILES string of the molecule is CCOC(=O)C1CCCN(c2cc(OCC)ncn2)C1. The zero-order chi connectivity index (χ0) is 14.4. The van der Waals surface area contributed by atoms with Crippen molar-refractivity contribution in [2.75, 3.05) is 31.2 Å². The van der Waals surface area contributed by atoms with E-state index in [4.69, 9.17) is 9.47 Å². The van der Waals surface area contributed by atoms with Crippen LogP contribution in [0.15, 0.2) is 12.4 Å². The molecule has 1 unspecified atom stereocenters. The van der Waals surface area contributed by atoms with E-state index >= 15 is 0 Å². The normalized spacial score (nSPS) is 18.7. The molecule has 1 aromatic heterocycles. The summed E-state index contributed by atoms with van der Waals surface area (Å²) in [6.45, 7) is 6.27. The zero-order valence-electron chi connectivity index (χ0n) is 12.0. The topological polar surface area (TPSA) is 64.5 Å². The summed E-state index contributed by atoms with van der Waals surface area (Å²) in [6, 6.07) is 1.82. The number of carbonyl (C=O) groups is 1. The number of hydrogen-bond donors (Lipinski definition) is 0. The highest BCUT2D eigenvalue weighted by Gasteiger charge is 2.27. The van der Waals surface area contributed by atoms with Gasteiger partial charge in [0, 0.05) is 19.2 Å². The van der Waals surface area contributed by atoms with Crippen molar-refractivity contribution in [2.45, 2.75) is 26.7 Å². The van der Waals surface area contributed by atoms with Crippen LogP contribution >= 0.6 is 0 Å². The lowest BCUT2D eigenvalue weighted by molar-refractivity contribution is -0.148. The van der Waals surface area contributed by atoms with Crippen LogP contribution in [-0.4, -0.2) is 42.2 Å². The van der Waals surface area contributed by atoms with Crippen LogP contribution < -0.4 is 9.64 Å². The summed E-state index contributed by atoms with van der Waals surface area (Å²) in [5.41, 5.74) is 0. The highest BCUT2D eigenvalue weighted by Crippen LogP contribution is 2.24. The quantitative estimate of drug-likeness (QED) is 0.764. The lowest BCUT2D eigenvalue weighted by Gasteiger charge is -2.32. The Labute approximate surface area is 119 Å². The fraction of sp³-hybridized carbons (Fsp3) is 0.643. The first kappa shape index (κ1) is 14.6. The van der Waals surface area contributed by atoms with Crippen LogP contribution in [0.25, 0.3) is 0 Å². The van der Waals surface area contributed by atoms with Gasteiger partial charge in [0.15, 0.2) is 0 Å². The summed E-state index contributed by atoms with van der Waals surface area (Å²) in [4.78, 5) is 22.3. The Morgan fingerprint density at radius 2 is 2.25 bits per heavy atom. The van der Waals surface area contributed by atoms with E-state index in [1.54, 1.807) is 0 Å². The maximum Gasteiger partial charge on any atom is 0.310 e. The van der Waals surface area contributed by atoms with Crippen LogP contribution in [0.2, 0.25) is 0 Å². The molecule has 0 radical (unpaired) electrons. The standard InChI is InChI=1S/C14H21N3O3/c1-3-19-13-8-12(15-10-16-13)17-7-5-6-11(9-17)14(18)20-4-2/h8,10-11H,3-7,9H2,1-2H3. The third-order valence-electron chi connectivity index (χ3n) is 3.29. The fourth-order valence-corrected chi connectivity index (χ4v) is 2.37. The van der Waals surface area contributed by atoms with E-state index in [1.165, 1.54) is 6.33 Å². The van der Waals surface area contributed by atoms with Gasteiger partial charge in [-0.05, 0) is 26.7 Å². The molecule has 2 heterocycles. The Bertz CT molecular complexity index is 453. The molecule has 1 aliphatic heterocycles. The average Bonchev–Trinajstić information content (AvgIpc) is 2.48. The number of hydrogen-bond acceptors (Lipinski definition) is 6. The van der Waals surface area contributed by atoms with Gasteiger partial charge in [-0.15, -0.1) is 0 Å². The van der Waals surface area contributed by atoms with Gasteiger partial charge in [0.2, 0.25) is 5.88 Å². The Kier molecular flexibility index (Phi) is 5.15. The highest BCUT2D eigenvalue weighted by molar-refractivity contribution is 5.73. The molecule has 20 heavy (non-hydrogen) atoms. The molecule has 1 atom stereocenters. The lowest BCUT2D eigenvalue weighted by atomic mass is 9.98. The second-order valence-corrected chi connectivity index (χ2v) is 4.68. The first-order valence-corrected chi connectivity index (χ1v) is 7.11. The highest BCUT2D eigenvalue weighted by atomic mass is 16.5. The van der Waals surface area contributed by atoms with Gasteiger partial charge in [-0.3, -0.25) is 4.79 Å². The van der Waals surface area contributed by atoms with Gasteiger partial charge < -0.3 is 14.4 Å². The van der Waals surface area contributed by atoms with Crippen molar-refractivity contribution in [3.8, 4) is 5.88 Å². The second-order valence-electron chi connectivity index (χ2n) is 4.68. The third kappa shape index (κ3) is 3.59. The zero-order valence-corrected chi connectivity index (χ0v) is 12.0. The van der Waals surface area contributed by atoms with Gasteiger partial charge in [0.25, 0.3) is 0 Å². The predicted molar refractivity (Wildman–Crippen MR) is 74.8 cm³/mol. The Balaban J connectivity index is 2.04. The van der Waals surface area contributed by atoms with Gasteiger partial charge in [0.1, 0.15) is 12.1 Å². The molecule has 0 bridgehead atoms. The van der Waals surface area contributed by atoms with E-state index in [1.807, 2.05) is 19.9 Å². The molecule has 6 nitrogen and oxygen atoms in total. The van der Waals surface area contributed by atoms with E-state index < -0.39 is 0 Å². The van der Waals surface area contributed by atoms with Crippen LogP contribution in [0.3, 0.4) is 0 Å². The number of piperidine rings is 1. The molecule has 2 rings (SSSR count). The minimum atomic E-state index is -0.115. The van der Waals surface area contributed by atoms with E-state index in [2.05, 4.69) is 14.9 Å². The molecular formula is C14H21N3O3. The van der Waals surface area contributed by atoms with Gasteiger partial charge >= 0.3 is 5.97 Å². The van der Waals surface area contributed by atoms with Crippen molar-refractivity contribution in [1.82, 2.24) is 9.97 Å². The molecular weight excluding hydrogens is 258 g/mol. The first-order chi connectivity index (χ1) is 9.74. The van der Waals surface area contributed by atoms with Gasteiger partial charge in [0.05, 0.1) is 19.1 Å². The summed E-state index contributed by atoms with van der Waals surface area (Å²) in [6.07, 6.45) is 3.32. The van der Waals surface area contributed by atoms with E-state index in [0.717, 1.165) is 25.2 Å². The smallest absolute Gasteiger partial charge is 0.310 e. The summed E-state index contributed by atoms with van der Waals surface area (Å²) in [5, 5.41) is 0. The van der Waals surface area contributed by atoms with Crippen LogP contribution in [0.5, 0.6) is 5.88 Å². The monoisotopic (exact) mass is 279 g/mol. The average molecular weight is 279 g/mol. The predicted octanol–water partition coefficient (Wildman–Crippen LogP) is 1.65. The molecule has 1 aromatic rings. The number of aromatic nitrogens is 2. The molecule has 0 aromatic carbocycles. The second kappa shape index (κ2) is 7.07. The molecule has 0 amide bonds. The minimum absolute atomic E-state index is 0.0748. The summed E-state index contributed by atoms with van der Waals surface area (Å²) < 4.78 is 10.5. The van der Waals surface area contributed by atoms with Crippen molar-refractivity contribution in [2.24, 2.45) is 5.92 Å². The minimum Gasteiger partial charge on any atom is -0.478 e. The van der Waals surface area contributed by atoms with Crippen LogP contribution in [0.1, 0.15) is 26.7 Å². The molecule has 1 saturated heterocycles. The molecule has 0 spiro atoms. The number of anilines is 1. The number of carbonyl (C=O) groups excluding carboxylic acids is 1. The molecule has 6 heteroatoms. The largest absolute Gasteiger partial charge is 0.478 e. The molecule has 0 saturated carbocycles. The number of rotatable bonds is 5. The molecule has 0 aliphatic carbocycles. The van der Waals surface area contributed by atoms with Gasteiger partial charge in [-0.2, -0.15) is 0 Å². The van der Waals surface area contributed by atoms with E-state index in [0.29, 0.717) is 25.6 Å². The lowest BCUT2D eigenvalue weighted by Crippen LogP contribution is -2.39. The van der Waals surface area contributed by atoms with Gasteiger partial charge in [-0.25, -0.2) is 9.97 Å². The Morgan fingerprint density at radius 3 is 3.00 bits per heavy atom. The Morgan fingerprint density at radius 1 is 1.40 bits per heavy atom. The molecule has 110 valence electrons. The van der Waals surface area contributed by atoms with Crippen molar-refractivity contribution in [1.29, 1.82) is 0 Å². The summed E-state index contributed by atoms with van der Waals surface area (Å²) >= 11 is 0. The van der Waals surface area contributed by atoms with Crippen molar-refractivity contribution in [3.05, 3.63) is 12.4 Å². The molecule has 1 fully saturated rings. The van der Waals surface area contributed by atoms with E-state index in [-0.39, 0.29) is 11.9 Å². The molecule has 0 N–H and O–H groups in total. The molecule has 1 aliphatic rings. The number of ether oxygens (including phenoxy) is 2. The van der Waals surface area contributed by atoms with Crippen molar-refractivity contribution >= 4 is 11.8 Å². The van der Waals surface area contributed by atoms with Crippen LogP contribution in [-0.2, 0) is 9.53 Å². The number of nitrogens with zero attached hydrogens (tertiary/aromatic N) is 3. The maximum atomic E-state index is 11.8. The van der Waals surface area contributed by atoms with Crippen LogP contribution in [0, 0.1) is 5.92 Å². The Hall–Kier alpha value is -1.85. The van der Waals surface area contributed by atoms with Crippen molar-refractivity contribution in [3.63, 3.8) is 0 Å². The maximum absolute atomic E-state index is 11.8. The van der Waals surface area contributed by atoms with Crippen LogP contribution in [0.4, 0.5) is 5.82 Å². The van der Waals surface area contributed by atoms with Crippen molar-refractivity contribution < 1.29 is 14.3 Å². The number of esters is 1. The fourth-order valence-electron chi connectivity index (χ4n) is 2.37. The first-order valence-electron chi connectivity index (χ1n) is 7.11. The third-order valence-corrected chi connectivity index (χ3v) is 3.29. The summed E-state index contributed by atoms with van der Waals surface area (Å²) in [5.74, 6) is 1.18. The van der Waals surface area contributed by atoms with Gasteiger partial charge in [-0.1, -0.05) is 0 Å². The van der Waals surface area contributed by atoms with E-state index in [9.17, 15) is 4.79 Å².